The Labute approximate surface area is 112 Å². The van der Waals surface area contributed by atoms with Gasteiger partial charge in [0.15, 0.2) is 0 Å². The summed E-state index contributed by atoms with van der Waals surface area (Å²) in [4.78, 5) is 14.7. The average molecular weight is 262 g/mol. The molecule has 0 aromatic carbocycles. The number of hydrogen-bond acceptors (Lipinski definition) is 5. The van der Waals surface area contributed by atoms with Crippen molar-refractivity contribution in [2.24, 2.45) is 0 Å². The van der Waals surface area contributed by atoms with Gasteiger partial charge < -0.3 is 19.6 Å². The van der Waals surface area contributed by atoms with Crippen LogP contribution in [-0.2, 0) is 9.53 Å². The van der Waals surface area contributed by atoms with Crippen LogP contribution in [0.25, 0.3) is 0 Å². The van der Waals surface area contributed by atoms with Crippen LogP contribution in [0.1, 0.15) is 27.2 Å². The van der Waals surface area contributed by atoms with Gasteiger partial charge in [-0.05, 0) is 42.0 Å². The number of hydrogen-bond donors (Lipinski definition) is 1. The van der Waals surface area contributed by atoms with E-state index in [-0.39, 0.29) is 18.2 Å². The summed E-state index contributed by atoms with van der Waals surface area (Å²) in [6.45, 7) is 7.00. The normalized spacial score (nSPS) is 13.9. The van der Waals surface area contributed by atoms with E-state index in [1.807, 2.05) is 44.9 Å². The Morgan fingerprint density at radius 2 is 1.56 bits per heavy atom. The molecule has 0 bridgehead atoms. The maximum atomic E-state index is 10.8. The summed E-state index contributed by atoms with van der Waals surface area (Å²) in [5.74, 6) is -0.126. The van der Waals surface area contributed by atoms with Crippen molar-refractivity contribution in [3.8, 4) is 0 Å². The Balaban J connectivity index is 0. The zero-order valence-electron chi connectivity index (χ0n) is 12.9. The molecule has 0 radical (unpaired) electrons. The molecule has 0 heterocycles. The fourth-order valence-electron chi connectivity index (χ4n) is 1.39. The topological polar surface area (TPSA) is 53.0 Å². The summed E-state index contributed by atoms with van der Waals surface area (Å²) in [5, 5.41) is 8.68. The van der Waals surface area contributed by atoms with Gasteiger partial charge >= 0.3 is 5.97 Å². The van der Waals surface area contributed by atoms with Crippen LogP contribution in [0.3, 0.4) is 0 Å². The Morgan fingerprint density at radius 3 is 1.78 bits per heavy atom. The minimum atomic E-state index is -0.199. The van der Waals surface area contributed by atoms with E-state index in [9.17, 15) is 4.79 Å². The molecular formula is C13H30N2O3. The highest BCUT2D eigenvalue weighted by Crippen LogP contribution is 1.95. The number of carbonyl (C=O) groups is 1. The van der Waals surface area contributed by atoms with E-state index >= 15 is 0 Å². The summed E-state index contributed by atoms with van der Waals surface area (Å²) in [6.07, 6.45) is 0.255. The highest BCUT2D eigenvalue weighted by molar-refractivity contribution is 5.69. The van der Waals surface area contributed by atoms with E-state index in [1.165, 1.54) is 0 Å². The molecule has 0 spiro atoms. The monoisotopic (exact) mass is 262 g/mol. The van der Waals surface area contributed by atoms with Gasteiger partial charge in [0.2, 0.25) is 0 Å². The number of esters is 1. The Kier molecular flexibility index (Phi) is 12.5. The summed E-state index contributed by atoms with van der Waals surface area (Å²) < 4.78 is 5.03. The molecule has 0 fully saturated rings. The molecule has 0 aliphatic carbocycles. The maximum Gasteiger partial charge on any atom is 0.305 e. The first-order chi connectivity index (χ1) is 8.18. The van der Waals surface area contributed by atoms with Crippen molar-refractivity contribution >= 4 is 5.97 Å². The Bertz CT molecular complexity index is 200. The SMILES string of the molecule is CC(O)CN(C)C.CCC(=O)O[C@H](C)CN(C)C. The number of likely N-dealkylation sites (N-methyl/N-ethyl adjacent to an activating group) is 2. The van der Waals surface area contributed by atoms with Crippen LogP contribution in [0.4, 0.5) is 0 Å². The minimum absolute atomic E-state index is 0.00236. The van der Waals surface area contributed by atoms with Gasteiger partial charge in [0.25, 0.3) is 0 Å². The van der Waals surface area contributed by atoms with Crippen molar-refractivity contribution in [2.75, 3.05) is 41.3 Å². The van der Waals surface area contributed by atoms with E-state index in [0.29, 0.717) is 6.42 Å². The van der Waals surface area contributed by atoms with Gasteiger partial charge in [-0.1, -0.05) is 6.92 Å². The van der Waals surface area contributed by atoms with E-state index in [4.69, 9.17) is 9.84 Å². The second kappa shape index (κ2) is 11.4. The largest absolute Gasteiger partial charge is 0.461 e. The maximum absolute atomic E-state index is 10.8. The summed E-state index contributed by atoms with van der Waals surface area (Å²) in [5.41, 5.74) is 0. The molecule has 0 amide bonds. The van der Waals surface area contributed by atoms with Crippen molar-refractivity contribution in [3.05, 3.63) is 0 Å². The van der Waals surface area contributed by atoms with Crippen LogP contribution in [-0.4, -0.2) is 74.4 Å². The molecule has 5 nitrogen and oxygen atoms in total. The molecule has 18 heavy (non-hydrogen) atoms. The predicted octanol–water partition coefficient (Wildman–Crippen LogP) is 0.819. The van der Waals surface area contributed by atoms with Crippen LogP contribution in [0.15, 0.2) is 0 Å². The van der Waals surface area contributed by atoms with Crippen LogP contribution >= 0.6 is 0 Å². The van der Waals surface area contributed by atoms with Crippen LogP contribution in [0.5, 0.6) is 0 Å². The molecule has 0 rings (SSSR count). The molecular weight excluding hydrogens is 232 g/mol. The van der Waals surface area contributed by atoms with Crippen LogP contribution in [0.2, 0.25) is 0 Å². The highest BCUT2D eigenvalue weighted by atomic mass is 16.5. The molecule has 0 aromatic rings. The zero-order valence-corrected chi connectivity index (χ0v) is 12.9. The van der Waals surface area contributed by atoms with Gasteiger partial charge in [-0.15, -0.1) is 0 Å². The molecule has 110 valence electrons. The Morgan fingerprint density at radius 1 is 1.11 bits per heavy atom. The molecule has 1 N–H and O–H groups in total. The van der Waals surface area contributed by atoms with Crippen LogP contribution < -0.4 is 0 Å². The number of aliphatic hydroxyl groups excluding tert-OH is 1. The van der Waals surface area contributed by atoms with Crippen molar-refractivity contribution in [1.29, 1.82) is 0 Å². The van der Waals surface area contributed by atoms with Gasteiger partial charge in [0.1, 0.15) is 6.10 Å². The van der Waals surface area contributed by atoms with Crippen LogP contribution in [0, 0.1) is 0 Å². The molecule has 0 aliphatic heterocycles. The molecule has 0 saturated heterocycles. The predicted molar refractivity (Wildman–Crippen MR) is 74.6 cm³/mol. The third kappa shape index (κ3) is 17.7. The zero-order chi connectivity index (χ0) is 14.7. The smallest absolute Gasteiger partial charge is 0.305 e. The van der Waals surface area contributed by atoms with E-state index in [1.54, 1.807) is 13.8 Å². The first-order valence-corrected chi connectivity index (χ1v) is 6.36. The average Bonchev–Trinajstić information content (AvgIpc) is 2.14. The molecule has 0 aliphatic rings. The third-order valence-electron chi connectivity index (χ3n) is 1.87. The molecule has 1 unspecified atom stereocenters. The van der Waals surface area contributed by atoms with E-state index in [0.717, 1.165) is 13.1 Å². The molecule has 0 aromatic heterocycles. The molecule has 0 saturated carbocycles. The summed E-state index contributed by atoms with van der Waals surface area (Å²) in [6, 6.07) is 0. The lowest BCUT2D eigenvalue weighted by Crippen LogP contribution is -2.27. The molecule has 5 heteroatoms. The number of ether oxygens (including phenoxy) is 1. The van der Waals surface area contributed by atoms with Crippen molar-refractivity contribution in [3.63, 3.8) is 0 Å². The standard InChI is InChI=1S/C8H17NO2.C5H13NO/c1-5-8(10)11-7(2)6-9(3)4;1-5(7)4-6(2)3/h7H,5-6H2,1-4H3;5,7H,4H2,1-3H3/t7-;/m1./s1. The van der Waals surface area contributed by atoms with Gasteiger partial charge in [0.05, 0.1) is 6.10 Å². The third-order valence-corrected chi connectivity index (χ3v) is 1.87. The van der Waals surface area contributed by atoms with E-state index in [2.05, 4.69) is 0 Å². The Hall–Kier alpha value is -0.650. The van der Waals surface area contributed by atoms with Crippen molar-refractivity contribution in [1.82, 2.24) is 9.80 Å². The van der Waals surface area contributed by atoms with Crippen molar-refractivity contribution in [2.45, 2.75) is 39.4 Å². The summed E-state index contributed by atoms with van der Waals surface area (Å²) in [7, 11) is 7.78. The second-order valence-corrected chi connectivity index (χ2v) is 5.03. The van der Waals surface area contributed by atoms with Gasteiger partial charge in [-0.3, -0.25) is 4.79 Å². The van der Waals surface area contributed by atoms with E-state index < -0.39 is 0 Å². The van der Waals surface area contributed by atoms with Gasteiger partial charge in [-0.25, -0.2) is 0 Å². The minimum Gasteiger partial charge on any atom is -0.461 e. The van der Waals surface area contributed by atoms with Gasteiger partial charge in [0, 0.05) is 19.5 Å². The fourth-order valence-corrected chi connectivity index (χ4v) is 1.39. The second-order valence-electron chi connectivity index (χ2n) is 5.03. The quantitative estimate of drug-likeness (QED) is 0.718. The van der Waals surface area contributed by atoms with Gasteiger partial charge in [-0.2, -0.15) is 0 Å². The first kappa shape index (κ1) is 19.7. The molecule has 2 atom stereocenters. The summed E-state index contributed by atoms with van der Waals surface area (Å²) >= 11 is 0. The lowest BCUT2D eigenvalue weighted by molar-refractivity contribution is -0.148. The fraction of sp³-hybridized carbons (Fsp3) is 0.923. The number of nitrogens with zero attached hydrogens (tertiary/aromatic N) is 2. The first-order valence-electron chi connectivity index (χ1n) is 6.36. The number of aliphatic hydroxyl groups is 1. The lowest BCUT2D eigenvalue weighted by atomic mass is 10.4. The number of rotatable bonds is 6. The highest BCUT2D eigenvalue weighted by Gasteiger charge is 2.07. The number of carbonyl (C=O) groups excluding carboxylic acids is 1. The lowest BCUT2D eigenvalue weighted by Gasteiger charge is -2.16. The van der Waals surface area contributed by atoms with Crippen molar-refractivity contribution < 1.29 is 14.6 Å².